The largest absolute Gasteiger partial charge is 0.369 e. The molecule has 3 nitrogen and oxygen atoms in total. The fraction of sp³-hybridized carbons (Fsp3) is 0.0714. The van der Waals surface area contributed by atoms with Crippen molar-refractivity contribution in [1.82, 2.24) is 9.55 Å². The average Bonchev–Trinajstić information content (AvgIpc) is 2.72. The molecule has 6 heteroatoms. The molecule has 0 atom stereocenters. The van der Waals surface area contributed by atoms with Gasteiger partial charge in [0.05, 0.1) is 11.2 Å². The van der Waals surface area contributed by atoms with Gasteiger partial charge in [0, 0.05) is 0 Å². The molecule has 0 fully saturated rings. The number of anilines is 1. The summed E-state index contributed by atoms with van der Waals surface area (Å²) in [6, 6.07) is 6.31. The van der Waals surface area contributed by atoms with E-state index < -0.39 is 17.5 Å². The van der Waals surface area contributed by atoms with Gasteiger partial charge in [0.1, 0.15) is 11.3 Å². The van der Waals surface area contributed by atoms with Gasteiger partial charge in [-0.05, 0) is 42.8 Å². The van der Waals surface area contributed by atoms with Crippen LogP contribution in [-0.4, -0.2) is 9.55 Å². The van der Waals surface area contributed by atoms with Crippen LogP contribution >= 0.6 is 0 Å². The molecule has 1 aromatic heterocycles. The zero-order valence-electron chi connectivity index (χ0n) is 10.5. The second kappa shape index (κ2) is 4.26. The molecule has 0 spiro atoms. The molecule has 2 aromatic carbocycles. The van der Waals surface area contributed by atoms with E-state index in [0.717, 1.165) is 6.07 Å². The van der Waals surface area contributed by atoms with Gasteiger partial charge < -0.3 is 5.73 Å². The van der Waals surface area contributed by atoms with E-state index in [-0.39, 0.29) is 17.0 Å². The summed E-state index contributed by atoms with van der Waals surface area (Å²) in [5.74, 6) is -2.42. The molecular formula is C14H10F3N3. The third-order valence-electron chi connectivity index (χ3n) is 3.14. The Kier molecular flexibility index (Phi) is 2.67. The summed E-state index contributed by atoms with van der Waals surface area (Å²) in [6.07, 6.45) is 0. The number of nitrogens with zero attached hydrogens (tertiary/aromatic N) is 2. The van der Waals surface area contributed by atoms with E-state index in [9.17, 15) is 13.2 Å². The van der Waals surface area contributed by atoms with Crippen molar-refractivity contribution >= 4 is 17.0 Å². The maximum atomic E-state index is 14.0. The molecule has 2 N–H and O–H groups in total. The van der Waals surface area contributed by atoms with Crippen molar-refractivity contribution in [3.63, 3.8) is 0 Å². The highest BCUT2D eigenvalue weighted by Crippen LogP contribution is 2.28. The van der Waals surface area contributed by atoms with Crippen molar-refractivity contribution in [2.24, 2.45) is 0 Å². The minimum absolute atomic E-state index is 0.0132. The minimum atomic E-state index is -1.03. The van der Waals surface area contributed by atoms with Crippen LogP contribution in [0.1, 0.15) is 5.56 Å². The van der Waals surface area contributed by atoms with E-state index in [0.29, 0.717) is 11.3 Å². The van der Waals surface area contributed by atoms with Gasteiger partial charge in [0.2, 0.25) is 5.95 Å². The number of imidazole rings is 1. The molecule has 0 unspecified atom stereocenters. The first-order valence-corrected chi connectivity index (χ1v) is 5.87. The van der Waals surface area contributed by atoms with Crippen LogP contribution in [-0.2, 0) is 0 Å². The number of hydrogen-bond acceptors (Lipinski definition) is 2. The summed E-state index contributed by atoms with van der Waals surface area (Å²) in [5, 5.41) is 0. The quantitative estimate of drug-likeness (QED) is 0.741. The van der Waals surface area contributed by atoms with Crippen LogP contribution in [0, 0.1) is 24.4 Å². The Morgan fingerprint density at radius 3 is 2.55 bits per heavy atom. The Hall–Kier alpha value is -2.50. The molecule has 0 bridgehead atoms. The van der Waals surface area contributed by atoms with Crippen molar-refractivity contribution in [1.29, 1.82) is 0 Å². The summed E-state index contributed by atoms with van der Waals surface area (Å²) in [7, 11) is 0. The molecule has 0 aliphatic carbocycles. The molecular weight excluding hydrogens is 267 g/mol. The fourth-order valence-corrected chi connectivity index (χ4v) is 2.23. The molecule has 0 aliphatic rings. The summed E-state index contributed by atoms with van der Waals surface area (Å²) >= 11 is 0. The van der Waals surface area contributed by atoms with Crippen LogP contribution in [0.5, 0.6) is 0 Å². The highest BCUT2D eigenvalue weighted by Gasteiger charge is 2.18. The molecule has 0 saturated heterocycles. The number of nitrogens with two attached hydrogens (primary N) is 1. The summed E-state index contributed by atoms with van der Waals surface area (Å²) < 4.78 is 41.8. The van der Waals surface area contributed by atoms with Gasteiger partial charge in [-0.3, -0.25) is 4.57 Å². The normalized spacial score (nSPS) is 11.2. The van der Waals surface area contributed by atoms with Crippen molar-refractivity contribution in [2.45, 2.75) is 6.92 Å². The molecule has 20 heavy (non-hydrogen) atoms. The monoisotopic (exact) mass is 277 g/mol. The van der Waals surface area contributed by atoms with E-state index in [1.807, 2.05) is 0 Å². The van der Waals surface area contributed by atoms with E-state index in [2.05, 4.69) is 4.98 Å². The highest BCUT2D eigenvalue weighted by atomic mass is 19.2. The Labute approximate surface area is 112 Å². The second-order valence-electron chi connectivity index (χ2n) is 4.47. The Morgan fingerprint density at radius 1 is 1.10 bits per heavy atom. The first-order valence-electron chi connectivity index (χ1n) is 5.87. The van der Waals surface area contributed by atoms with E-state index in [4.69, 9.17) is 5.73 Å². The molecule has 3 aromatic rings. The fourth-order valence-electron chi connectivity index (χ4n) is 2.23. The smallest absolute Gasteiger partial charge is 0.206 e. The van der Waals surface area contributed by atoms with Crippen molar-refractivity contribution in [2.75, 3.05) is 5.73 Å². The zero-order valence-corrected chi connectivity index (χ0v) is 10.5. The number of halogens is 3. The van der Waals surface area contributed by atoms with Gasteiger partial charge in [-0.1, -0.05) is 0 Å². The topological polar surface area (TPSA) is 43.8 Å². The second-order valence-corrected chi connectivity index (χ2v) is 4.47. The Bertz CT molecular complexity index is 824. The number of nitrogen functional groups attached to an aromatic ring is 1. The van der Waals surface area contributed by atoms with Crippen molar-refractivity contribution in [3.05, 3.63) is 53.3 Å². The van der Waals surface area contributed by atoms with Crippen LogP contribution < -0.4 is 5.73 Å². The zero-order chi connectivity index (χ0) is 14.4. The first kappa shape index (κ1) is 12.5. The number of fused-ring (bicyclic) bond motifs is 1. The van der Waals surface area contributed by atoms with Gasteiger partial charge in [0.25, 0.3) is 0 Å². The molecule has 0 radical (unpaired) electrons. The van der Waals surface area contributed by atoms with Crippen molar-refractivity contribution in [3.8, 4) is 5.69 Å². The number of aromatic nitrogens is 2. The molecule has 3 rings (SSSR count). The van der Waals surface area contributed by atoms with E-state index in [1.165, 1.54) is 28.8 Å². The molecule has 102 valence electrons. The third-order valence-corrected chi connectivity index (χ3v) is 3.14. The summed E-state index contributed by atoms with van der Waals surface area (Å²) in [6.45, 7) is 1.65. The highest BCUT2D eigenvalue weighted by molar-refractivity contribution is 5.81. The summed E-state index contributed by atoms with van der Waals surface area (Å²) in [4.78, 5) is 4.00. The SMILES string of the molecule is Cc1cc(F)ccc1-n1c(N)nc2ccc(F)c(F)c21. The number of aryl methyl sites for hydroxylation is 1. The standard InChI is InChI=1S/C14H10F3N3/c1-7-6-8(15)2-5-11(7)20-13-10(19-14(20)18)4-3-9(16)12(13)17/h2-6H,1H3,(H2,18,19). The van der Waals surface area contributed by atoms with Crippen LogP contribution in [0.2, 0.25) is 0 Å². The molecule has 0 amide bonds. The molecule has 0 saturated carbocycles. The van der Waals surface area contributed by atoms with Gasteiger partial charge in [-0.2, -0.15) is 0 Å². The van der Waals surface area contributed by atoms with Gasteiger partial charge in [0.15, 0.2) is 11.6 Å². The van der Waals surface area contributed by atoms with Crippen LogP contribution in [0.4, 0.5) is 19.1 Å². The first-order chi connectivity index (χ1) is 9.49. The Balaban J connectivity index is 2.41. The predicted molar refractivity (Wildman–Crippen MR) is 70.1 cm³/mol. The molecule has 1 heterocycles. The lowest BCUT2D eigenvalue weighted by molar-refractivity contribution is 0.514. The third kappa shape index (κ3) is 1.72. The number of benzene rings is 2. The minimum Gasteiger partial charge on any atom is -0.369 e. The Morgan fingerprint density at radius 2 is 1.85 bits per heavy atom. The van der Waals surface area contributed by atoms with Gasteiger partial charge >= 0.3 is 0 Å². The number of rotatable bonds is 1. The summed E-state index contributed by atoms with van der Waals surface area (Å²) in [5.41, 5.74) is 6.96. The van der Waals surface area contributed by atoms with Gasteiger partial charge in [-0.15, -0.1) is 0 Å². The lowest BCUT2D eigenvalue weighted by Crippen LogP contribution is -2.04. The van der Waals surface area contributed by atoms with E-state index in [1.54, 1.807) is 6.92 Å². The maximum absolute atomic E-state index is 14.0. The van der Waals surface area contributed by atoms with Crippen molar-refractivity contribution < 1.29 is 13.2 Å². The molecule has 0 aliphatic heterocycles. The lowest BCUT2D eigenvalue weighted by atomic mass is 10.2. The van der Waals surface area contributed by atoms with Gasteiger partial charge in [-0.25, -0.2) is 18.2 Å². The number of hydrogen-bond donors (Lipinski definition) is 1. The maximum Gasteiger partial charge on any atom is 0.206 e. The van der Waals surface area contributed by atoms with Crippen LogP contribution in [0.15, 0.2) is 30.3 Å². The van der Waals surface area contributed by atoms with Crippen LogP contribution in [0.3, 0.4) is 0 Å². The van der Waals surface area contributed by atoms with Crippen LogP contribution in [0.25, 0.3) is 16.7 Å². The lowest BCUT2D eigenvalue weighted by Gasteiger charge is -2.10. The average molecular weight is 277 g/mol. The predicted octanol–water partition coefficient (Wildman–Crippen LogP) is 3.33. The van der Waals surface area contributed by atoms with E-state index >= 15 is 0 Å².